The highest BCUT2D eigenvalue weighted by molar-refractivity contribution is 6.34. The quantitative estimate of drug-likeness (QED) is 0.860. The van der Waals surface area contributed by atoms with Gasteiger partial charge in [0, 0.05) is 18.2 Å². The van der Waals surface area contributed by atoms with Crippen LogP contribution in [0.1, 0.15) is 24.2 Å². The molecule has 1 aromatic rings. The van der Waals surface area contributed by atoms with Crippen LogP contribution in [0.2, 0.25) is 5.02 Å². The summed E-state index contributed by atoms with van der Waals surface area (Å²) in [4.78, 5) is 36.8. The number of anilines is 1. The van der Waals surface area contributed by atoms with Gasteiger partial charge in [-0.3, -0.25) is 9.59 Å². The molecule has 130 valence electrons. The van der Waals surface area contributed by atoms with Crippen LogP contribution < -0.4 is 5.32 Å². The Labute approximate surface area is 144 Å². The molecule has 0 spiro atoms. The topological polar surface area (TPSA) is 95.9 Å². The van der Waals surface area contributed by atoms with Gasteiger partial charge in [0.1, 0.15) is 0 Å². The molecule has 1 unspecified atom stereocenters. The molecule has 1 aromatic carbocycles. The molecule has 1 aliphatic rings. The number of aliphatic carboxylic acids is 1. The van der Waals surface area contributed by atoms with Gasteiger partial charge in [0.2, 0.25) is 5.91 Å². The fraction of sp³-hybridized carbons (Fsp3) is 0.438. The minimum Gasteiger partial charge on any atom is -0.479 e. The van der Waals surface area contributed by atoms with Gasteiger partial charge < -0.3 is 20.1 Å². The van der Waals surface area contributed by atoms with Crippen LogP contribution in [0.4, 0.5) is 5.69 Å². The molecular formula is C16H19ClN2O5. The van der Waals surface area contributed by atoms with E-state index in [2.05, 4.69) is 5.32 Å². The van der Waals surface area contributed by atoms with Gasteiger partial charge in [-0.25, -0.2) is 4.79 Å². The van der Waals surface area contributed by atoms with Crippen molar-refractivity contribution in [3.8, 4) is 0 Å². The molecule has 7 nitrogen and oxygen atoms in total. The van der Waals surface area contributed by atoms with Crippen molar-refractivity contribution in [3.63, 3.8) is 0 Å². The van der Waals surface area contributed by atoms with Crippen LogP contribution in [-0.2, 0) is 14.3 Å². The van der Waals surface area contributed by atoms with Gasteiger partial charge >= 0.3 is 5.97 Å². The van der Waals surface area contributed by atoms with Gasteiger partial charge in [-0.1, -0.05) is 25.4 Å². The van der Waals surface area contributed by atoms with Gasteiger partial charge in [0.25, 0.3) is 5.91 Å². The van der Waals surface area contributed by atoms with Crippen molar-refractivity contribution in [2.24, 2.45) is 5.92 Å². The van der Waals surface area contributed by atoms with E-state index in [-0.39, 0.29) is 42.1 Å². The molecule has 8 heteroatoms. The molecule has 1 saturated heterocycles. The molecular weight excluding hydrogens is 336 g/mol. The van der Waals surface area contributed by atoms with Crippen molar-refractivity contribution in [2.45, 2.75) is 20.0 Å². The highest BCUT2D eigenvalue weighted by Crippen LogP contribution is 2.23. The molecule has 1 fully saturated rings. The lowest BCUT2D eigenvalue weighted by atomic mass is 10.1. The zero-order valence-corrected chi connectivity index (χ0v) is 14.2. The van der Waals surface area contributed by atoms with Crippen molar-refractivity contribution in [2.75, 3.05) is 25.0 Å². The Morgan fingerprint density at radius 3 is 2.71 bits per heavy atom. The summed E-state index contributed by atoms with van der Waals surface area (Å²) in [5.41, 5.74) is 0.675. The number of ether oxygens (including phenoxy) is 1. The molecule has 0 aromatic heterocycles. The zero-order valence-electron chi connectivity index (χ0n) is 13.4. The number of nitrogens with zero attached hydrogens (tertiary/aromatic N) is 1. The predicted molar refractivity (Wildman–Crippen MR) is 88.2 cm³/mol. The lowest BCUT2D eigenvalue weighted by molar-refractivity contribution is -0.154. The first-order chi connectivity index (χ1) is 11.3. The van der Waals surface area contributed by atoms with E-state index in [1.54, 1.807) is 19.9 Å². The number of morpholine rings is 1. The van der Waals surface area contributed by atoms with Gasteiger partial charge in [0.15, 0.2) is 6.10 Å². The number of nitrogens with one attached hydrogen (secondary N) is 1. The third kappa shape index (κ3) is 4.24. The second-order valence-electron chi connectivity index (χ2n) is 5.79. The first-order valence-corrected chi connectivity index (χ1v) is 7.91. The van der Waals surface area contributed by atoms with Crippen molar-refractivity contribution >= 4 is 35.1 Å². The van der Waals surface area contributed by atoms with E-state index < -0.39 is 18.0 Å². The van der Waals surface area contributed by atoms with E-state index in [9.17, 15) is 14.4 Å². The SMILES string of the molecule is CC(C)C(=O)Nc1ccc(Cl)c(C(=O)N2CCOC(C(=O)O)C2)c1. The van der Waals surface area contributed by atoms with Crippen molar-refractivity contribution in [1.29, 1.82) is 0 Å². The average molecular weight is 355 g/mol. The minimum absolute atomic E-state index is 0.0485. The summed E-state index contributed by atoms with van der Waals surface area (Å²) in [5, 5.41) is 12.0. The number of carboxylic acid groups (broad SMARTS) is 1. The van der Waals surface area contributed by atoms with Gasteiger partial charge in [-0.2, -0.15) is 0 Å². The lowest BCUT2D eigenvalue weighted by Gasteiger charge is -2.31. The van der Waals surface area contributed by atoms with Crippen molar-refractivity contribution in [3.05, 3.63) is 28.8 Å². The van der Waals surface area contributed by atoms with Crippen LogP contribution in [-0.4, -0.2) is 53.6 Å². The number of carboxylic acids is 1. The van der Waals surface area contributed by atoms with Crippen LogP contribution >= 0.6 is 11.6 Å². The zero-order chi connectivity index (χ0) is 17.9. The number of carbonyl (C=O) groups is 3. The molecule has 2 rings (SSSR count). The van der Waals surface area contributed by atoms with E-state index in [4.69, 9.17) is 21.4 Å². The molecule has 0 bridgehead atoms. The Bertz CT molecular complexity index is 662. The smallest absolute Gasteiger partial charge is 0.334 e. The van der Waals surface area contributed by atoms with E-state index in [0.29, 0.717) is 5.69 Å². The molecule has 0 aliphatic carbocycles. The molecule has 2 amide bonds. The van der Waals surface area contributed by atoms with Crippen molar-refractivity contribution < 1.29 is 24.2 Å². The van der Waals surface area contributed by atoms with Crippen LogP contribution in [0.5, 0.6) is 0 Å². The predicted octanol–water partition coefficient (Wildman–Crippen LogP) is 1.86. The Morgan fingerprint density at radius 1 is 1.38 bits per heavy atom. The number of hydrogen-bond donors (Lipinski definition) is 2. The van der Waals surface area contributed by atoms with E-state index in [1.807, 2.05) is 0 Å². The van der Waals surface area contributed by atoms with Crippen LogP contribution in [0.15, 0.2) is 18.2 Å². The average Bonchev–Trinajstić information content (AvgIpc) is 2.55. The molecule has 1 aliphatic heterocycles. The largest absolute Gasteiger partial charge is 0.479 e. The third-order valence-electron chi connectivity index (χ3n) is 3.62. The Kier molecular flexibility index (Phi) is 5.80. The maximum atomic E-state index is 12.6. The fourth-order valence-corrected chi connectivity index (χ4v) is 2.41. The van der Waals surface area contributed by atoms with E-state index in [1.165, 1.54) is 17.0 Å². The second-order valence-corrected chi connectivity index (χ2v) is 6.19. The number of amides is 2. The van der Waals surface area contributed by atoms with Crippen LogP contribution in [0, 0.1) is 5.92 Å². The normalized spacial score (nSPS) is 17.7. The fourth-order valence-electron chi connectivity index (χ4n) is 2.21. The summed E-state index contributed by atoms with van der Waals surface area (Å²) in [5.74, 6) is -1.88. The standard InChI is InChI=1S/C16H19ClN2O5/c1-9(2)14(20)18-10-3-4-12(17)11(7-10)15(21)19-5-6-24-13(8-19)16(22)23/h3-4,7,9,13H,5-6,8H2,1-2H3,(H,18,20)(H,22,23). The van der Waals surface area contributed by atoms with E-state index in [0.717, 1.165) is 0 Å². The highest BCUT2D eigenvalue weighted by atomic mass is 35.5. The minimum atomic E-state index is -1.11. The van der Waals surface area contributed by atoms with Crippen molar-refractivity contribution in [1.82, 2.24) is 4.90 Å². The second kappa shape index (κ2) is 7.63. The van der Waals surface area contributed by atoms with Crippen LogP contribution in [0.25, 0.3) is 0 Å². The van der Waals surface area contributed by atoms with Gasteiger partial charge in [-0.15, -0.1) is 0 Å². The Hall–Kier alpha value is -2.12. The molecule has 0 saturated carbocycles. The summed E-state index contributed by atoms with van der Waals surface area (Å²) in [6.07, 6.45) is -1.05. The van der Waals surface area contributed by atoms with Gasteiger partial charge in [-0.05, 0) is 18.2 Å². The highest BCUT2D eigenvalue weighted by Gasteiger charge is 2.30. The van der Waals surface area contributed by atoms with E-state index >= 15 is 0 Å². The molecule has 0 radical (unpaired) electrons. The first kappa shape index (κ1) is 18.2. The number of carbonyl (C=O) groups excluding carboxylic acids is 2. The van der Waals surface area contributed by atoms with Gasteiger partial charge in [0.05, 0.1) is 23.7 Å². The number of halogens is 1. The third-order valence-corrected chi connectivity index (χ3v) is 3.95. The maximum absolute atomic E-state index is 12.6. The summed E-state index contributed by atoms with van der Waals surface area (Å²) >= 11 is 6.10. The molecule has 2 N–H and O–H groups in total. The maximum Gasteiger partial charge on any atom is 0.334 e. The lowest BCUT2D eigenvalue weighted by Crippen LogP contribution is -2.48. The summed E-state index contributed by atoms with van der Waals surface area (Å²) < 4.78 is 5.11. The van der Waals surface area contributed by atoms with Crippen LogP contribution in [0.3, 0.4) is 0 Å². The number of hydrogen-bond acceptors (Lipinski definition) is 4. The number of benzene rings is 1. The first-order valence-electron chi connectivity index (χ1n) is 7.53. The number of rotatable bonds is 4. The molecule has 1 heterocycles. The monoisotopic (exact) mass is 354 g/mol. The summed E-state index contributed by atoms with van der Waals surface area (Å²) in [6, 6.07) is 4.63. The Morgan fingerprint density at radius 2 is 2.08 bits per heavy atom. The summed E-state index contributed by atoms with van der Waals surface area (Å²) in [7, 11) is 0. The summed E-state index contributed by atoms with van der Waals surface area (Å²) in [6.45, 7) is 3.90. The molecule has 1 atom stereocenters. The molecule has 24 heavy (non-hydrogen) atoms. The Balaban J connectivity index is 2.19.